The molecule has 1 aromatic heterocycles. The van der Waals surface area contributed by atoms with Crippen LogP contribution in [0.25, 0.3) is 10.6 Å². The lowest BCUT2D eigenvalue weighted by atomic mass is 10.2. The van der Waals surface area contributed by atoms with Crippen molar-refractivity contribution < 1.29 is 9.59 Å². The molecule has 1 aliphatic heterocycles. The highest BCUT2D eigenvalue weighted by molar-refractivity contribution is 7.17. The van der Waals surface area contributed by atoms with E-state index in [2.05, 4.69) is 10.3 Å². The van der Waals surface area contributed by atoms with E-state index in [1.54, 1.807) is 17.0 Å². The van der Waals surface area contributed by atoms with Crippen LogP contribution < -0.4 is 10.2 Å². The minimum Gasteiger partial charge on any atom is -0.321 e. The van der Waals surface area contributed by atoms with Crippen LogP contribution in [0.5, 0.6) is 0 Å². The molecule has 2 aromatic carbocycles. The maximum absolute atomic E-state index is 12.7. The third-order valence-corrected chi connectivity index (χ3v) is 6.06. The molecule has 28 heavy (non-hydrogen) atoms. The Morgan fingerprint density at radius 1 is 1.14 bits per heavy atom. The first-order chi connectivity index (χ1) is 13.5. The maximum atomic E-state index is 12.7. The molecule has 7 heteroatoms. The van der Waals surface area contributed by atoms with Crippen LogP contribution in [0.1, 0.15) is 28.2 Å². The van der Waals surface area contributed by atoms with Gasteiger partial charge in [0.15, 0.2) is 0 Å². The number of hydrogen-bond acceptors (Lipinski definition) is 4. The van der Waals surface area contributed by atoms with Crippen LogP contribution in [-0.2, 0) is 4.79 Å². The van der Waals surface area contributed by atoms with Gasteiger partial charge < -0.3 is 10.2 Å². The van der Waals surface area contributed by atoms with Gasteiger partial charge in [0.05, 0.1) is 5.69 Å². The van der Waals surface area contributed by atoms with Crippen molar-refractivity contribution in [3.8, 4) is 10.6 Å². The number of anilines is 2. The molecule has 0 aliphatic carbocycles. The summed E-state index contributed by atoms with van der Waals surface area (Å²) in [5, 5.41) is 4.35. The predicted molar refractivity (Wildman–Crippen MR) is 113 cm³/mol. The lowest BCUT2D eigenvalue weighted by Gasteiger charge is -2.16. The number of nitrogens with zero attached hydrogens (tertiary/aromatic N) is 2. The zero-order chi connectivity index (χ0) is 19.7. The molecular weight excluding hydrogens is 394 g/mol. The molecule has 0 saturated carbocycles. The number of carbonyl (C=O) groups excluding carboxylic acids is 2. The number of carbonyl (C=O) groups is 2. The summed E-state index contributed by atoms with van der Waals surface area (Å²) < 4.78 is 0. The lowest BCUT2D eigenvalue weighted by Crippen LogP contribution is -2.23. The van der Waals surface area contributed by atoms with E-state index >= 15 is 0 Å². The van der Waals surface area contributed by atoms with Crippen molar-refractivity contribution in [2.45, 2.75) is 19.8 Å². The van der Waals surface area contributed by atoms with Gasteiger partial charge in [-0.2, -0.15) is 0 Å². The maximum Gasteiger partial charge on any atom is 0.267 e. The Morgan fingerprint density at radius 2 is 1.86 bits per heavy atom. The fourth-order valence-corrected chi connectivity index (χ4v) is 4.25. The number of benzene rings is 2. The third kappa shape index (κ3) is 3.79. The van der Waals surface area contributed by atoms with Crippen molar-refractivity contribution in [2.24, 2.45) is 0 Å². The van der Waals surface area contributed by atoms with Gasteiger partial charge in [-0.1, -0.05) is 23.7 Å². The number of nitrogens with one attached hydrogen (secondary N) is 1. The number of halogens is 1. The summed E-state index contributed by atoms with van der Waals surface area (Å²) in [4.78, 5) is 31.4. The molecule has 0 spiro atoms. The summed E-state index contributed by atoms with van der Waals surface area (Å²) in [5.41, 5.74) is 3.16. The zero-order valence-corrected chi connectivity index (χ0v) is 16.8. The van der Waals surface area contributed by atoms with Crippen molar-refractivity contribution in [1.82, 2.24) is 4.98 Å². The van der Waals surface area contributed by atoms with Gasteiger partial charge in [0, 0.05) is 34.9 Å². The van der Waals surface area contributed by atoms with Gasteiger partial charge in [-0.05, 0) is 49.7 Å². The first-order valence-electron chi connectivity index (χ1n) is 8.96. The van der Waals surface area contributed by atoms with Crippen LogP contribution in [-0.4, -0.2) is 23.3 Å². The molecule has 2 amide bonds. The standard InChI is InChI=1S/C21H18ClN3O2S/c1-13-19(28-21(23-13)14-4-6-15(22)7-5-14)20(27)24-16-8-10-17(11-9-16)25-12-2-3-18(25)26/h4-11H,2-3,12H2,1H3,(H,24,27). The van der Waals surface area contributed by atoms with Crippen molar-refractivity contribution >= 4 is 46.1 Å². The second-order valence-electron chi connectivity index (χ2n) is 6.59. The molecule has 0 radical (unpaired) electrons. The number of thiazole rings is 1. The number of rotatable bonds is 4. The Balaban J connectivity index is 1.49. The minimum atomic E-state index is -0.194. The van der Waals surface area contributed by atoms with Crippen LogP contribution in [0.3, 0.4) is 0 Å². The van der Waals surface area contributed by atoms with Gasteiger partial charge in [0.1, 0.15) is 9.88 Å². The molecule has 2 heterocycles. The van der Waals surface area contributed by atoms with E-state index in [9.17, 15) is 9.59 Å². The van der Waals surface area contributed by atoms with E-state index in [1.807, 2.05) is 43.3 Å². The Labute approximate surface area is 172 Å². The van der Waals surface area contributed by atoms with E-state index in [0.717, 1.165) is 29.2 Å². The van der Waals surface area contributed by atoms with Crippen molar-refractivity contribution in [1.29, 1.82) is 0 Å². The molecule has 4 rings (SSSR count). The average molecular weight is 412 g/mol. The molecular formula is C21H18ClN3O2S. The highest BCUT2D eigenvalue weighted by Gasteiger charge is 2.21. The quantitative estimate of drug-likeness (QED) is 0.645. The molecule has 142 valence electrons. The van der Waals surface area contributed by atoms with Gasteiger partial charge in [0.2, 0.25) is 5.91 Å². The monoisotopic (exact) mass is 411 g/mol. The normalized spacial score (nSPS) is 13.8. The van der Waals surface area contributed by atoms with Crippen LogP contribution >= 0.6 is 22.9 Å². The topological polar surface area (TPSA) is 62.3 Å². The fourth-order valence-electron chi connectivity index (χ4n) is 3.16. The summed E-state index contributed by atoms with van der Waals surface area (Å²) >= 11 is 7.28. The van der Waals surface area contributed by atoms with Gasteiger partial charge in [-0.3, -0.25) is 9.59 Å². The molecule has 3 aromatic rings. The molecule has 0 atom stereocenters. The first-order valence-corrected chi connectivity index (χ1v) is 10.2. The summed E-state index contributed by atoms with van der Waals surface area (Å²) in [6.45, 7) is 2.57. The fraction of sp³-hybridized carbons (Fsp3) is 0.190. The minimum absolute atomic E-state index is 0.145. The van der Waals surface area contributed by atoms with Crippen LogP contribution in [0.4, 0.5) is 11.4 Å². The summed E-state index contributed by atoms with van der Waals surface area (Å²) in [6, 6.07) is 14.7. The third-order valence-electron chi connectivity index (χ3n) is 4.60. The number of aryl methyl sites for hydroxylation is 1. The van der Waals surface area contributed by atoms with Gasteiger partial charge >= 0.3 is 0 Å². The smallest absolute Gasteiger partial charge is 0.267 e. The molecule has 0 unspecified atom stereocenters. The second-order valence-corrected chi connectivity index (χ2v) is 8.03. The predicted octanol–water partition coefficient (Wildman–Crippen LogP) is 5.15. The summed E-state index contributed by atoms with van der Waals surface area (Å²) in [7, 11) is 0. The molecule has 1 saturated heterocycles. The zero-order valence-electron chi connectivity index (χ0n) is 15.2. The van der Waals surface area contributed by atoms with Crippen LogP contribution in [0.2, 0.25) is 5.02 Å². The summed E-state index contributed by atoms with van der Waals surface area (Å²) in [5.74, 6) is -0.0491. The molecule has 5 nitrogen and oxygen atoms in total. The van der Waals surface area contributed by atoms with E-state index in [1.165, 1.54) is 11.3 Å². The molecule has 1 N–H and O–H groups in total. The van der Waals surface area contributed by atoms with Crippen molar-refractivity contribution in [2.75, 3.05) is 16.8 Å². The van der Waals surface area contributed by atoms with E-state index in [4.69, 9.17) is 11.6 Å². The highest BCUT2D eigenvalue weighted by atomic mass is 35.5. The Bertz CT molecular complexity index is 1030. The van der Waals surface area contributed by atoms with E-state index in [0.29, 0.717) is 27.7 Å². The SMILES string of the molecule is Cc1nc(-c2ccc(Cl)cc2)sc1C(=O)Nc1ccc(N2CCCC2=O)cc1. The number of aromatic nitrogens is 1. The highest BCUT2D eigenvalue weighted by Crippen LogP contribution is 2.30. The molecule has 1 aliphatic rings. The molecule has 0 bridgehead atoms. The Kier molecular flexibility index (Phi) is 5.15. The van der Waals surface area contributed by atoms with Crippen LogP contribution in [0, 0.1) is 6.92 Å². The number of amides is 2. The number of hydrogen-bond donors (Lipinski definition) is 1. The second kappa shape index (κ2) is 7.73. The van der Waals surface area contributed by atoms with Crippen molar-refractivity contribution in [3.05, 3.63) is 64.1 Å². The van der Waals surface area contributed by atoms with E-state index < -0.39 is 0 Å². The Hall–Kier alpha value is -2.70. The lowest BCUT2D eigenvalue weighted by molar-refractivity contribution is -0.117. The first kappa shape index (κ1) is 18.7. The largest absolute Gasteiger partial charge is 0.321 e. The van der Waals surface area contributed by atoms with E-state index in [-0.39, 0.29) is 11.8 Å². The summed E-state index contributed by atoms with van der Waals surface area (Å²) in [6.07, 6.45) is 1.48. The van der Waals surface area contributed by atoms with Gasteiger partial charge in [-0.15, -0.1) is 11.3 Å². The van der Waals surface area contributed by atoms with Gasteiger partial charge in [0.25, 0.3) is 5.91 Å². The molecule has 1 fully saturated rings. The van der Waals surface area contributed by atoms with Gasteiger partial charge in [-0.25, -0.2) is 4.98 Å². The van der Waals surface area contributed by atoms with Crippen molar-refractivity contribution in [3.63, 3.8) is 0 Å². The van der Waals surface area contributed by atoms with Crippen LogP contribution in [0.15, 0.2) is 48.5 Å². The average Bonchev–Trinajstić information content (AvgIpc) is 3.29. The Morgan fingerprint density at radius 3 is 2.50 bits per heavy atom.